The van der Waals surface area contributed by atoms with Gasteiger partial charge >= 0.3 is 5.97 Å². The third-order valence-electron chi connectivity index (χ3n) is 3.98. The molecule has 0 aliphatic carbocycles. The second-order valence-electron chi connectivity index (χ2n) is 5.65. The van der Waals surface area contributed by atoms with Crippen LogP contribution >= 0.6 is 0 Å². The van der Waals surface area contributed by atoms with Crippen molar-refractivity contribution in [2.24, 2.45) is 0 Å². The predicted octanol–water partition coefficient (Wildman–Crippen LogP) is 1.76. The van der Waals surface area contributed by atoms with E-state index in [2.05, 4.69) is 11.9 Å². The second kappa shape index (κ2) is 8.17. The van der Waals surface area contributed by atoms with E-state index in [0.29, 0.717) is 17.1 Å². The van der Waals surface area contributed by atoms with Crippen molar-refractivity contribution in [3.8, 4) is 11.5 Å². The van der Waals surface area contributed by atoms with Crippen LogP contribution in [0.3, 0.4) is 0 Å². The van der Waals surface area contributed by atoms with E-state index in [0.717, 1.165) is 25.9 Å². The van der Waals surface area contributed by atoms with Crippen molar-refractivity contribution in [2.75, 3.05) is 33.9 Å². The van der Waals surface area contributed by atoms with Gasteiger partial charge < -0.3 is 24.2 Å². The molecule has 1 aromatic carbocycles. The minimum Gasteiger partial charge on any atom is -0.493 e. The first-order valence-corrected chi connectivity index (χ1v) is 7.93. The molecule has 1 heterocycles. The fraction of sp³-hybridized carbons (Fsp3) is 0.588. The number of aliphatic hydroxyl groups is 1. The van der Waals surface area contributed by atoms with Gasteiger partial charge in [-0.05, 0) is 32.9 Å². The Morgan fingerprint density at radius 3 is 2.70 bits per heavy atom. The molecule has 1 fully saturated rings. The lowest BCUT2D eigenvalue weighted by Gasteiger charge is -2.30. The standard InChI is InChI=1S/C17H25NO5/c1-4-22-17(20)15(19)13-6-5-7-14(21-3)16(13)23-12-8-10-18(2)11-9-12/h5-7,12,15,19H,4,8-11H2,1-3H3. The van der Waals surface area contributed by atoms with Crippen LogP contribution in [0.25, 0.3) is 0 Å². The van der Waals surface area contributed by atoms with Gasteiger partial charge in [0.25, 0.3) is 0 Å². The Morgan fingerprint density at radius 1 is 1.39 bits per heavy atom. The van der Waals surface area contributed by atoms with Crippen molar-refractivity contribution in [3.63, 3.8) is 0 Å². The molecule has 0 saturated carbocycles. The van der Waals surface area contributed by atoms with Gasteiger partial charge in [-0.2, -0.15) is 0 Å². The first-order valence-electron chi connectivity index (χ1n) is 7.93. The number of ether oxygens (including phenoxy) is 3. The highest BCUT2D eigenvalue weighted by Gasteiger charge is 2.27. The molecule has 1 saturated heterocycles. The molecule has 0 aromatic heterocycles. The molecular weight excluding hydrogens is 298 g/mol. The van der Waals surface area contributed by atoms with Crippen LogP contribution in [0, 0.1) is 0 Å². The molecule has 6 nitrogen and oxygen atoms in total. The van der Waals surface area contributed by atoms with Gasteiger partial charge in [0.1, 0.15) is 6.10 Å². The average Bonchev–Trinajstić information content (AvgIpc) is 2.56. The number of benzene rings is 1. The van der Waals surface area contributed by atoms with Crippen LogP contribution in [0.5, 0.6) is 11.5 Å². The first-order chi connectivity index (χ1) is 11.1. The average molecular weight is 323 g/mol. The van der Waals surface area contributed by atoms with Crippen molar-refractivity contribution in [1.82, 2.24) is 4.90 Å². The highest BCUT2D eigenvalue weighted by atomic mass is 16.5. The van der Waals surface area contributed by atoms with Gasteiger partial charge in [-0.25, -0.2) is 4.79 Å². The monoisotopic (exact) mass is 323 g/mol. The molecule has 1 atom stereocenters. The topological polar surface area (TPSA) is 68.2 Å². The number of esters is 1. The number of hydrogen-bond donors (Lipinski definition) is 1. The Bertz CT molecular complexity index is 526. The fourth-order valence-corrected chi connectivity index (χ4v) is 2.65. The summed E-state index contributed by atoms with van der Waals surface area (Å²) in [5.74, 6) is 0.240. The van der Waals surface area contributed by atoms with Crippen LogP contribution in [-0.2, 0) is 9.53 Å². The normalized spacial score (nSPS) is 17.6. The summed E-state index contributed by atoms with van der Waals surface area (Å²) in [5.41, 5.74) is 0.377. The Balaban J connectivity index is 2.23. The molecule has 1 unspecified atom stereocenters. The number of methoxy groups -OCH3 is 1. The first kappa shape index (κ1) is 17.6. The number of carbonyl (C=O) groups is 1. The Labute approximate surface area is 136 Å². The summed E-state index contributed by atoms with van der Waals surface area (Å²) in [6.45, 7) is 3.82. The van der Waals surface area contributed by atoms with Crippen LogP contribution < -0.4 is 9.47 Å². The minimum absolute atomic E-state index is 0.0376. The maximum Gasteiger partial charge on any atom is 0.339 e. The maximum atomic E-state index is 11.9. The summed E-state index contributed by atoms with van der Waals surface area (Å²) in [5, 5.41) is 10.3. The molecule has 0 amide bonds. The molecule has 2 rings (SSSR count). The summed E-state index contributed by atoms with van der Waals surface area (Å²) in [7, 11) is 3.62. The molecule has 1 aromatic rings. The van der Waals surface area contributed by atoms with Gasteiger partial charge in [0, 0.05) is 18.7 Å². The number of aliphatic hydroxyl groups excluding tert-OH is 1. The molecule has 6 heteroatoms. The zero-order valence-corrected chi connectivity index (χ0v) is 13.9. The lowest BCUT2D eigenvalue weighted by atomic mass is 10.1. The van der Waals surface area contributed by atoms with Crippen molar-refractivity contribution in [3.05, 3.63) is 23.8 Å². The van der Waals surface area contributed by atoms with E-state index in [1.807, 2.05) is 0 Å². The van der Waals surface area contributed by atoms with E-state index in [4.69, 9.17) is 14.2 Å². The molecule has 0 radical (unpaired) electrons. The van der Waals surface area contributed by atoms with Gasteiger partial charge in [-0.3, -0.25) is 0 Å². The Kier molecular flexibility index (Phi) is 6.24. The van der Waals surface area contributed by atoms with Crippen LogP contribution in [0.15, 0.2) is 18.2 Å². The summed E-state index contributed by atoms with van der Waals surface area (Å²) in [6.07, 6.45) is 0.439. The van der Waals surface area contributed by atoms with E-state index in [9.17, 15) is 9.90 Å². The van der Waals surface area contributed by atoms with Gasteiger partial charge in [0.15, 0.2) is 17.6 Å². The van der Waals surface area contributed by atoms with E-state index in [1.165, 1.54) is 7.11 Å². The van der Waals surface area contributed by atoms with Crippen LogP contribution in [0.2, 0.25) is 0 Å². The summed E-state index contributed by atoms with van der Waals surface area (Å²) < 4.78 is 16.3. The molecule has 0 bridgehead atoms. The predicted molar refractivity (Wildman–Crippen MR) is 85.7 cm³/mol. The Hall–Kier alpha value is -1.79. The third-order valence-corrected chi connectivity index (χ3v) is 3.98. The summed E-state index contributed by atoms with van der Waals surface area (Å²) >= 11 is 0. The lowest BCUT2D eigenvalue weighted by molar-refractivity contribution is -0.153. The fourth-order valence-electron chi connectivity index (χ4n) is 2.65. The maximum absolute atomic E-state index is 11.9. The molecule has 23 heavy (non-hydrogen) atoms. The largest absolute Gasteiger partial charge is 0.493 e. The van der Waals surface area contributed by atoms with Crippen molar-refractivity contribution >= 4 is 5.97 Å². The number of hydrogen-bond acceptors (Lipinski definition) is 6. The van der Waals surface area contributed by atoms with Crippen LogP contribution in [-0.4, -0.2) is 55.9 Å². The highest BCUT2D eigenvalue weighted by molar-refractivity contribution is 5.77. The van der Waals surface area contributed by atoms with E-state index in [1.54, 1.807) is 25.1 Å². The highest BCUT2D eigenvalue weighted by Crippen LogP contribution is 2.37. The van der Waals surface area contributed by atoms with Crippen molar-refractivity contribution < 1.29 is 24.1 Å². The van der Waals surface area contributed by atoms with Gasteiger partial charge in [-0.1, -0.05) is 12.1 Å². The van der Waals surface area contributed by atoms with Crippen LogP contribution in [0.4, 0.5) is 0 Å². The number of piperidine rings is 1. The SMILES string of the molecule is CCOC(=O)C(O)c1cccc(OC)c1OC1CCN(C)CC1. The zero-order valence-electron chi connectivity index (χ0n) is 13.9. The molecule has 1 N–H and O–H groups in total. The quantitative estimate of drug-likeness (QED) is 0.805. The van der Waals surface area contributed by atoms with E-state index in [-0.39, 0.29) is 12.7 Å². The van der Waals surface area contributed by atoms with E-state index >= 15 is 0 Å². The summed E-state index contributed by atoms with van der Waals surface area (Å²) in [6, 6.07) is 5.14. The molecule has 128 valence electrons. The number of carbonyl (C=O) groups excluding carboxylic acids is 1. The molecule has 0 spiro atoms. The molecular formula is C17H25NO5. The second-order valence-corrected chi connectivity index (χ2v) is 5.65. The number of likely N-dealkylation sites (tertiary alicyclic amines) is 1. The smallest absolute Gasteiger partial charge is 0.339 e. The molecule has 1 aliphatic rings. The Morgan fingerprint density at radius 2 is 2.09 bits per heavy atom. The number of rotatable bonds is 6. The number of para-hydroxylation sites is 1. The molecule has 1 aliphatic heterocycles. The summed E-state index contributed by atoms with van der Waals surface area (Å²) in [4.78, 5) is 14.1. The van der Waals surface area contributed by atoms with Crippen LogP contribution in [0.1, 0.15) is 31.4 Å². The lowest BCUT2D eigenvalue weighted by Crippen LogP contribution is -2.36. The third kappa shape index (κ3) is 4.36. The van der Waals surface area contributed by atoms with Gasteiger partial charge in [0.2, 0.25) is 0 Å². The van der Waals surface area contributed by atoms with Crippen molar-refractivity contribution in [2.45, 2.75) is 32.0 Å². The van der Waals surface area contributed by atoms with E-state index < -0.39 is 12.1 Å². The number of nitrogens with zero attached hydrogens (tertiary/aromatic N) is 1. The van der Waals surface area contributed by atoms with Gasteiger partial charge in [0.05, 0.1) is 13.7 Å². The zero-order chi connectivity index (χ0) is 16.8. The van der Waals surface area contributed by atoms with Gasteiger partial charge in [-0.15, -0.1) is 0 Å². The van der Waals surface area contributed by atoms with Crippen molar-refractivity contribution in [1.29, 1.82) is 0 Å². The minimum atomic E-state index is -1.38.